The van der Waals surface area contributed by atoms with Crippen LogP contribution in [-0.2, 0) is 11.3 Å². The highest BCUT2D eigenvalue weighted by Gasteiger charge is 2.25. The van der Waals surface area contributed by atoms with Gasteiger partial charge in [-0.2, -0.15) is 0 Å². The molecule has 0 aliphatic carbocycles. The molecule has 29 heavy (non-hydrogen) atoms. The Kier molecular flexibility index (Phi) is 9.16. The van der Waals surface area contributed by atoms with Gasteiger partial charge < -0.3 is 19.9 Å². The Labute approximate surface area is 191 Å². The molecule has 1 N–H and O–H groups in total. The van der Waals surface area contributed by atoms with Crippen molar-refractivity contribution in [2.75, 3.05) is 45.2 Å². The van der Waals surface area contributed by atoms with E-state index in [1.54, 1.807) is 0 Å². The third-order valence-corrected chi connectivity index (χ3v) is 4.92. The van der Waals surface area contributed by atoms with Crippen LogP contribution in [0.4, 0.5) is 5.82 Å². The van der Waals surface area contributed by atoms with Crippen LogP contribution in [0.15, 0.2) is 47.6 Å². The fourth-order valence-electron chi connectivity index (χ4n) is 3.37. The second kappa shape index (κ2) is 11.3. The molecule has 0 saturated carbocycles. The first-order valence-corrected chi connectivity index (χ1v) is 9.91. The van der Waals surface area contributed by atoms with Crippen molar-refractivity contribution in [3.05, 3.63) is 59.3 Å². The number of guanidine groups is 1. The molecule has 158 valence electrons. The van der Waals surface area contributed by atoms with E-state index >= 15 is 0 Å². The summed E-state index contributed by atoms with van der Waals surface area (Å²) in [5.41, 5.74) is 3.68. The Morgan fingerprint density at radius 3 is 2.83 bits per heavy atom. The van der Waals surface area contributed by atoms with E-state index in [-0.39, 0.29) is 30.1 Å². The number of nitrogens with one attached hydrogen (secondary N) is 1. The summed E-state index contributed by atoms with van der Waals surface area (Å²) in [5, 5.41) is 3.44. The number of aromatic nitrogens is 1. The third-order valence-electron chi connectivity index (χ3n) is 4.92. The smallest absolute Gasteiger partial charge is 0.194 e. The topological polar surface area (TPSA) is 53.0 Å². The van der Waals surface area contributed by atoms with Gasteiger partial charge in [0.2, 0.25) is 0 Å². The van der Waals surface area contributed by atoms with Crippen molar-refractivity contribution in [3.8, 4) is 0 Å². The zero-order chi connectivity index (χ0) is 19.9. The Bertz CT molecular complexity index is 811. The SMILES string of the molecule is CCNC(=NCc1ccnc(N(C)C)c1)N1CCOC(c2ccccc2C)C1.I. The third kappa shape index (κ3) is 6.30. The zero-order valence-corrected chi connectivity index (χ0v) is 20.1. The van der Waals surface area contributed by atoms with Crippen molar-refractivity contribution in [2.24, 2.45) is 4.99 Å². The summed E-state index contributed by atoms with van der Waals surface area (Å²) in [7, 11) is 4.00. The van der Waals surface area contributed by atoms with E-state index in [0.29, 0.717) is 13.2 Å². The number of benzene rings is 1. The minimum Gasteiger partial charge on any atom is -0.370 e. The van der Waals surface area contributed by atoms with Crippen LogP contribution in [0.3, 0.4) is 0 Å². The lowest BCUT2D eigenvalue weighted by Crippen LogP contribution is -2.48. The van der Waals surface area contributed by atoms with Gasteiger partial charge in [-0.3, -0.25) is 0 Å². The fraction of sp³-hybridized carbons (Fsp3) is 0.455. The Hall–Kier alpha value is -1.87. The highest BCUT2D eigenvalue weighted by Crippen LogP contribution is 2.25. The standard InChI is InChI=1S/C22H31N5O.HI/c1-5-23-22(25-15-18-10-11-24-21(14-18)26(3)4)27-12-13-28-20(16-27)19-9-7-6-8-17(19)2;/h6-11,14,20H,5,12-13,15-16H2,1-4H3,(H,23,25);1H. The van der Waals surface area contributed by atoms with Crippen molar-refractivity contribution in [1.82, 2.24) is 15.2 Å². The summed E-state index contributed by atoms with van der Waals surface area (Å²) >= 11 is 0. The predicted octanol–water partition coefficient (Wildman–Crippen LogP) is 3.61. The van der Waals surface area contributed by atoms with Crippen LogP contribution in [0.2, 0.25) is 0 Å². The molecule has 7 heteroatoms. The molecule has 1 atom stereocenters. The molecule has 1 aromatic heterocycles. The van der Waals surface area contributed by atoms with Crippen molar-refractivity contribution >= 4 is 35.8 Å². The van der Waals surface area contributed by atoms with Gasteiger partial charge in [-0.05, 0) is 42.7 Å². The van der Waals surface area contributed by atoms with Gasteiger partial charge in [-0.25, -0.2) is 9.98 Å². The molecule has 1 aromatic carbocycles. The minimum atomic E-state index is 0. The van der Waals surface area contributed by atoms with Crippen molar-refractivity contribution in [1.29, 1.82) is 0 Å². The molecular weight excluding hydrogens is 477 g/mol. The number of hydrogen-bond acceptors (Lipinski definition) is 4. The molecule has 0 amide bonds. The average molecular weight is 509 g/mol. The normalized spacial score (nSPS) is 16.9. The van der Waals surface area contributed by atoms with Crippen LogP contribution in [0.1, 0.15) is 29.7 Å². The Morgan fingerprint density at radius 1 is 1.31 bits per heavy atom. The first-order valence-electron chi connectivity index (χ1n) is 9.91. The van der Waals surface area contributed by atoms with E-state index < -0.39 is 0 Å². The van der Waals surface area contributed by atoms with Crippen LogP contribution < -0.4 is 10.2 Å². The predicted molar refractivity (Wildman–Crippen MR) is 130 cm³/mol. The lowest BCUT2D eigenvalue weighted by Gasteiger charge is -2.35. The number of aliphatic imine (C=N–C) groups is 1. The molecule has 1 fully saturated rings. The van der Waals surface area contributed by atoms with E-state index in [0.717, 1.165) is 37.0 Å². The van der Waals surface area contributed by atoms with Crippen LogP contribution in [-0.4, -0.2) is 56.2 Å². The molecule has 1 unspecified atom stereocenters. The van der Waals surface area contributed by atoms with Crippen molar-refractivity contribution in [2.45, 2.75) is 26.5 Å². The van der Waals surface area contributed by atoms with E-state index in [1.165, 1.54) is 11.1 Å². The average Bonchev–Trinajstić information content (AvgIpc) is 2.72. The van der Waals surface area contributed by atoms with Gasteiger partial charge in [0.15, 0.2) is 5.96 Å². The molecule has 1 aliphatic heterocycles. The van der Waals surface area contributed by atoms with E-state index in [9.17, 15) is 0 Å². The number of anilines is 1. The monoisotopic (exact) mass is 509 g/mol. The number of rotatable bonds is 5. The van der Waals surface area contributed by atoms with Gasteiger partial charge in [0.05, 0.1) is 19.7 Å². The number of nitrogens with zero attached hydrogens (tertiary/aromatic N) is 4. The fourth-order valence-corrected chi connectivity index (χ4v) is 3.37. The first-order chi connectivity index (χ1) is 13.6. The maximum Gasteiger partial charge on any atom is 0.194 e. The highest BCUT2D eigenvalue weighted by molar-refractivity contribution is 14.0. The van der Waals surface area contributed by atoms with Crippen LogP contribution in [0, 0.1) is 6.92 Å². The Balaban J connectivity index is 0.00000300. The lowest BCUT2D eigenvalue weighted by atomic mass is 10.0. The van der Waals surface area contributed by atoms with E-state index in [1.807, 2.05) is 31.3 Å². The maximum absolute atomic E-state index is 6.07. The van der Waals surface area contributed by atoms with Crippen LogP contribution in [0.5, 0.6) is 0 Å². The molecule has 0 radical (unpaired) electrons. The molecule has 2 aromatic rings. The molecule has 0 spiro atoms. The van der Waals surface area contributed by atoms with Gasteiger partial charge in [0.1, 0.15) is 11.9 Å². The summed E-state index contributed by atoms with van der Waals surface area (Å²) in [6.45, 7) is 8.05. The van der Waals surface area contributed by atoms with Gasteiger partial charge >= 0.3 is 0 Å². The summed E-state index contributed by atoms with van der Waals surface area (Å²) in [5.74, 6) is 1.89. The van der Waals surface area contributed by atoms with E-state index in [4.69, 9.17) is 9.73 Å². The molecule has 2 heterocycles. The first kappa shape index (κ1) is 23.4. The number of aryl methyl sites for hydroxylation is 1. The number of hydrogen-bond donors (Lipinski definition) is 1. The molecular formula is C22H32IN5O. The van der Waals surface area contributed by atoms with Crippen molar-refractivity contribution in [3.63, 3.8) is 0 Å². The number of halogens is 1. The number of pyridine rings is 1. The second-order valence-corrected chi connectivity index (χ2v) is 7.25. The van der Waals surface area contributed by atoms with Crippen LogP contribution in [0.25, 0.3) is 0 Å². The molecule has 0 bridgehead atoms. The summed E-state index contributed by atoms with van der Waals surface area (Å²) in [6.07, 6.45) is 1.91. The summed E-state index contributed by atoms with van der Waals surface area (Å²) in [6, 6.07) is 12.6. The minimum absolute atomic E-state index is 0. The lowest BCUT2D eigenvalue weighted by molar-refractivity contribution is -0.00834. The molecule has 6 nitrogen and oxygen atoms in total. The molecule has 1 saturated heterocycles. The van der Waals surface area contributed by atoms with Crippen molar-refractivity contribution < 1.29 is 4.74 Å². The van der Waals surface area contributed by atoms with E-state index in [2.05, 4.69) is 59.4 Å². The quantitative estimate of drug-likeness (QED) is 0.379. The van der Waals surface area contributed by atoms with Gasteiger partial charge in [-0.15, -0.1) is 24.0 Å². The molecule has 1 aliphatic rings. The number of ether oxygens (including phenoxy) is 1. The molecule has 3 rings (SSSR count). The van der Waals surface area contributed by atoms with Gasteiger partial charge in [0.25, 0.3) is 0 Å². The largest absolute Gasteiger partial charge is 0.370 e. The highest BCUT2D eigenvalue weighted by atomic mass is 127. The summed E-state index contributed by atoms with van der Waals surface area (Å²) < 4.78 is 6.07. The Morgan fingerprint density at radius 2 is 2.10 bits per heavy atom. The zero-order valence-electron chi connectivity index (χ0n) is 17.8. The second-order valence-electron chi connectivity index (χ2n) is 7.25. The number of morpholine rings is 1. The summed E-state index contributed by atoms with van der Waals surface area (Å²) in [4.78, 5) is 13.6. The van der Waals surface area contributed by atoms with Gasteiger partial charge in [0, 0.05) is 33.4 Å². The van der Waals surface area contributed by atoms with Gasteiger partial charge in [-0.1, -0.05) is 24.3 Å². The maximum atomic E-state index is 6.07. The van der Waals surface area contributed by atoms with Crippen LogP contribution >= 0.6 is 24.0 Å².